The maximum atomic E-state index is 12.3. The molecule has 0 fully saturated rings. The van der Waals surface area contributed by atoms with Crippen molar-refractivity contribution in [2.75, 3.05) is 6.26 Å². The zero-order valence-corrected chi connectivity index (χ0v) is 18.8. The largest absolute Gasteiger partial charge is 0.849 e. The average Bonchev–Trinajstić information content (AvgIpc) is 3.31. The van der Waals surface area contributed by atoms with E-state index in [0.29, 0.717) is 0 Å². The number of nitrogens with zero attached hydrogens (tertiary/aromatic N) is 4. The van der Waals surface area contributed by atoms with Crippen LogP contribution in [0, 0.1) is 0 Å². The Morgan fingerprint density at radius 1 is 1.06 bits per heavy atom. The first-order chi connectivity index (χ1) is 14.6. The van der Waals surface area contributed by atoms with E-state index in [0.717, 1.165) is 40.0 Å². The molecule has 0 aliphatic heterocycles. The lowest BCUT2D eigenvalue weighted by molar-refractivity contribution is -0.469. The molecule has 8 heteroatoms. The number of benzene rings is 2. The monoisotopic (exact) mass is 437 g/mol. The maximum Gasteiger partial charge on any atom is 0.175 e. The van der Waals surface area contributed by atoms with E-state index >= 15 is 0 Å². The summed E-state index contributed by atoms with van der Waals surface area (Å²) in [5.41, 5.74) is 3.30. The SMILES string of the molecule is CCc1nn(CC(C)(C)[O-])c2cc(-c3ccnn3-c3ccc(S(C)(=O)=O)cc3)ccc12. The van der Waals surface area contributed by atoms with Crippen LogP contribution in [0.25, 0.3) is 27.8 Å². The zero-order chi connectivity index (χ0) is 22.4. The molecule has 0 unspecified atom stereocenters. The third-order valence-corrected chi connectivity index (χ3v) is 6.27. The molecule has 162 valence electrons. The fourth-order valence-electron chi connectivity index (χ4n) is 3.71. The number of fused-ring (bicyclic) bond motifs is 1. The van der Waals surface area contributed by atoms with E-state index in [4.69, 9.17) is 0 Å². The summed E-state index contributed by atoms with van der Waals surface area (Å²) in [5.74, 6) is 0. The van der Waals surface area contributed by atoms with Crippen LogP contribution in [0.2, 0.25) is 0 Å². The predicted octanol–water partition coefficient (Wildman–Crippen LogP) is 2.99. The molecule has 0 atom stereocenters. The van der Waals surface area contributed by atoms with Gasteiger partial charge >= 0.3 is 0 Å². The van der Waals surface area contributed by atoms with Crippen LogP contribution in [0.1, 0.15) is 26.5 Å². The average molecular weight is 438 g/mol. The van der Waals surface area contributed by atoms with Gasteiger partial charge in [-0.25, -0.2) is 13.1 Å². The Morgan fingerprint density at radius 2 is 1.77 bits per heavy atom. The molecule has 0 radical (unpaired) electrons. The second-order valence-corrected chi connectivity index (χ2v) is 10.4. The maximum absolute atomic E-state index is 12.3. The molecule has 0 bridgehead atoms. The fourth-order valence-corrected chi connectivity index (χ4v) is 4.34. The smallest absolute Gasteiger partial charge is 0.175 e. The van der Waals surface area contributed by atoms with E-state index in [1.165, 1.54) is 6.26 Å². The summed E-state index contributed by atoms with van der Waals surface area (Å²) < 4.78 is 27.1. The van der Waals surface area contributed by atoms with Gasteiger partial charge in [0.1, 0.15) is 0 Å². The normalized spacial score (nSPS) is 12.5. The highest BCUT2D eigenvalue weighted by molar-refractivity contribution is 7.90. The second-order valence-electron chi connectivity index (χ2n) is 8.34. The Balaban J connectivity index is 1.80. The highest BCUT2D eigenvalue weighted by Crippen LogP contribution is 2.29. The van der Waals surface area contributed by atoms with Crippen molar-refractivity contribution < 1.29 is 13.5 Å². The highest BCUT2D eigenvalue weighted by Gasteiger charge is 2.16. The quantitative estimate of drug-likeness (QED) is 0.462. The van der Waals surface area contributed by atoms with Crippen LogP contribution in [0.4, 0.5) is 0 Å². The molecule has 0 spiro atoms. The first-order valence-electron chi connectivity index (χ1n) is 10.1. The van der Waals surface area contributed by atoms with Crippen molar-refractivity contribution in [2.45, 2.75) is 44.2 Å². The van der Waals surface area contributed by atoms with Gasteiger partial charge in [-0.2, -0.15) is 10.2 Å². The predicted molar refractivity (Wildman–Crippen MR) is 119 cm³/mol. The highest BCUT2D eigenvalue weighted by atomic mass is 32.2. The van der Waals surface area contributed by atoms with Gasteiger partial charge in [-0.1, -0.05) is 38.5 Å². The Bertz CT molecular complexity index is 1340. The van der Waals surface area contributed by atoms with Gasteiger partial charge in [0.15, 0.2) is 9.84 Å². The second kappa shape index (κ2) is 7.62. The zero-order valence-electron chi connectivity index (χ0n) is 18.0. The van der Waals surface area contributed by atoms with Crippen molar-refractivity contribution in [2.24, 2.45) is 0 Å². The van der Waals surface area contributed by atoms with Crippen LogP contribution in [-0.2, 0) is 22.8 Å². The van der Waals surface area contributed by atoms with Crippen molar-refractivity contribution >= 4 is 20.7 Å². The third kappa shape index (κ3) is 4.26. The van der Waals surface area contributed by atoms with Crippen LogP contribution in [0.15, 0.2) is 59.6 Å². The van der Waals surface area contributed by atoms with Gasteiger partial charge in [-0.3, -0.25) is 4.68 Å². The first kappa shape index (κ1) is 21.3. The van der Waals surface area contributed by atoms with E-state index in [9.17, 15) is 13.5 Å². The van der Waals surface area contributed by atoms with Crippen molar-refractivity contribution in [1.29, 1.82) is 0 Å². The molecule has 31 heavy (non-hydrogen) atoms. The third-order valence-electron chi connectivity index (χ3n) is 5.14. The molecule has 0 N–H and O–H groups in total. The molecule has 2 aromatic carbocycles. The van der Waals surface area contributed by atoms with Gasteiger partial charge in [-0.05, 0) is 42.8 Å². The molecule has 0 saturated heterocycles. The van der Waals surface area contributed by atoms with E-state index < -0.39 is 15.4 Å². The van der Waals surface area contributed by atoms with E-state index in [2.05, 4.69) is 17.1 Å². The molecule has 0 saturated carbocycles. The van der Waals surface area contributed by atoms with Crippen molar-refractivity contribution in [3.8, 4) is 16.9 Å². The van der Waals surface area contributed by atoms with Crippen LogP contribution >= 0.6 is 0 Å². The van der Waals surface area contributed by atoms with Crippen LogP contribution in [0.5, 0.6) is 0 Å². The van der Waals surface area contributed by atoms with Gasteiger partial charge in [0.25, 0.3) is 0 Å². The molecule has 4 aromatic rings. The molecular formula is C23H25N4O3S-. The summed E-state index contributed by atoms with van der Waals surface area (Å²) in [7, 11) is -3.26. The number of hydrogen-bond donors (Lipinski definition) is 0. The summed E-state index contributed by atoms with van der Waals surface area (Å²) in [4.78, 5) is 0.266. The number of aryl methyl sites for hydroxylation is 1. The lowest BCUT2D eigenvalue weighted by Crippen LogP contribution is -2.41. The fraction of sp³-hybridized carbons (Fsp3) is 0.304. The molecule has 7 nitrogen and oxygen atoms in total. The molecule has 0 amide bonds. The lowest BCUT2D eigenvalue weighted by atomic mass is 10.1. The molecule has 0 aliphatic carbocycles. The Kier molecular flexibility index (Phi) is 5.23. The minimum Gasteiger partial charge on any atom is -0.849 e. The molecule has 2 aromatic heterocycles. The Hall–Kier alpha value is -2.97. The summed E-state index contributed by atoms with van der Waals surface area (Å²) in [6.45, 7) is 5.65. The minimum absolute atomic E-state index is 0.266. The van der Waals surface area contributed by atoms with Gasteiger partial charge < -0.3 is 5.11 Å². The number of sulfone groups is 1. The molecule has 2 heterocycles. The molecule has 4 rings (SSSR count). The number of hydrogen-bond acceptors (Lipinski definition) is 5. The van der Waals surface area contributed by atoms with Crippen LogP contribution in [-0.4, -0.2) is 39.8 Å². The Labute approximate surface area is 181 Å². The standard InChI is InChI=1S/C23H25N4O3S/c1-5-20-19-11-6-16(14-22(19)26(25-20)15-23(2,3)28)21-12-13-24-27(21)17-7-9-18(10-8-17)31(4,29)30/h6-14H,5,15H2,1-4H3/q-1. The van der Waals surface area contributed by atoms with Gasteiger partial charge in [0.05, 0.1) is 33.7 Å². The van der Waals surface area contributed by atoms with Crippen molar-refractivity contribution in [3.63, 3.8) is 0 Å². The lowest BCUT2D eigenvalue weighted by Gasteiger charge is -2.31. The van der Waals surface area contributed by atoms with E-state index in [1.807, 2.05) is 24.3 Å². The van der Waals surface area contributed by atoms with E-state index in [-0.39, 0.29) is 11.4 Å². The summed E-state index contributed by atoms with van der Waals surface area (Å²) in [6.07, 6.45) is 3.68. The van der Waals surface area contributed by atoms with Crippen LogP contribution < -0.4 is 5.11 Å². The topological polar surface area (TPSA) is 92.8 Å². The summed E-state index contributed by atoms with van der Waals surface area (Å²) in [6, 6.07) is 14.6. The van der Waals surface area contributed by atoms with Crippen molar-refractivity contribution in [1.82, 2.24) is 19.6 Å². The van der Waals surface area contributed by atoms with Crippen LogP contribution in [0.3, 0.4) is 0 Å². The summed E-state index contributed by atoms with van der Waals surface area (Å²) in [5, 5.41) is 22.5. The van der Waals surface area contributed by atoms with E-state index in [1.54, 1.807) is 53.7 Å². The van der Waals surface area contributed by atoms with Crippen molar-refractivity contribution in [3.05, 3.63) is 60.4 Å². The van der Waals surface area contributed by atoms with Gasteiger partial charge in [-0.15, -0.1) is 0 Å². The molecule has 0 aliphatic rings. The number of aromatic nitrogens is 4. The van der Waals surface area contributed by atoms with Gasteiger partial charge in [0.2, 0.25) is 0 Å². The van der Waals surface area contributed by atoms with Gasteiger partial charge in [0, 0.05) is 23.8 Å². The first-order valence-corrected chi connectivity index (χ1v) is 12.0. The summed E-state index contributed by atoms with van der Waals surface area (Å²) >= 11 is 0. The Morgan fingerprint density at radius 3 is 2.39 bits per heavy atom. The number of rotatable bonds is 6. The molecular weight excluding hydrogens is 412 g/mol. The minimum atomic E-state index is -3.26.